The first-order valence-corrected chi connectivity index (χ1v) is 9.36. The van der Waals surface area contributed by atoms with Crippen LogP contribution in [0.3, 0.4) is 0 Å². The fourth-order valence-corrected chi connectivity index (χ4v) is 3.70. The van der Waals surface area contributed by atoms with Gasteiger partial charge in [0.15, 0.2) is 0 Å². The van der Waals surface area contributed by atoms with Gasteiger partial charge in [0.05, 0.1) is 0 Å². The number of likely N-dealkylation sites (tertiary alicyclic amines) is 1. The number of nitrogens with zero attached hydrogens (tertiary/aromatic N) is 1. The number of aryl methyl sites for hydroxylation is 1. The number of carbonyl (C=O) groups excluding carboxylic acids is 2. The van der Waals surface area contributed by atoms with Crippen molar-refractivity contribution < 1.29 is 14.3 Å². The summed E-state index contributed by atoms with van der Waals surface area (Å²) in [5, 5.41) is 3.59. The monoisotopic (exact) mass is 364 g/mol. The van der Waals surface area contributed by atoms with Gasteiger partial charge < -0.3 is 15.0 Å². The molecule has 3 rings (SSSR count). The van der Waals surface area contributed by atoms with Gasteiger partial charge in [0, 0.05) is 48.8 Å². The highest BCUT2D eigenvalue weighted by Crippen LogP contribution is 2.25. The largest absolute Gasteiger partial charge is 0.381 e. The predicted octanol–water partition coefficient (Wildman–Crippen LogP) is 3.25. The zero-order valence-corrected chi connectivity index (χ0v) is 15.3. The summed E-state index contributed by atoms with van der Waals surface area (Å²) in [6, 6.07) is 5.48. The molecule has 2 saturated heterocycles. The highest BCUT2D eigenvalue weighted by Gasteiger charge is 2.31. The molecule has 0 bridgehead atoms. The van der Waals surface area contributed by atoms with Gasteiger partial charge in [-0.25, -0.2) is 0 Å². The zero-order valence-electron chi connectivity index (χ0n) is 14.6. The van der Waals surface area contributed by atoms with Crippen LogP contribution in [0.5, 0.6) is 0 Å². The quantitative estimate of drug-likeness (QED) is 0.895. The molecule has 1 N–H and O–H groups in total. The minimum absolute atomic E-state index is 0.0172. The van der Waals surface area contributed by atoms with E-state index >= 15 is 0 Å². The van der Waals surface area contributed by atoms with Crippen LogP contribution in [0.2, 0.25) is 5.02 Å². The summed E-state index contributed by atoms with van der Waals surface area (Å²) in [5.41, 5.74) is 1.75. The molecule has 5 nitrogen and oxygen atoms in total. The van der Waals surface area contributed by atoms with Gasteiger partial charge in [0.2, 0.25) is 11.8 Å². The van der Waals surface area contributed by atoms with Crippen LogP contribution >= 0.6 is 11.6 Å². The molecule has 0 aromatic heterocycles. The lowest BCUT2D eigenvalue weighted by Gasteiger charge is -2.34. The first-order chi connectivity index (χ1) is 12.0. The van der Waals surface area contributed by atoms with Gasteiger partial charge in [0.1, 0.15) is 0 Å². The van der Waals surface area contributed by atoms with E-state index in [1.165, 1.54) is 0 Å². The summed E-state index contributed by atoms with van der Waals surface area (Å²) in [4.78, 5) is 27.0. The average molecular weight is 365 g/mol. The van der Waals surface area contributed by atoms with E-state index in [-0.39, 0.29) is 23.7 Å². The van der Waals surface area contributed by atoms with Crippen molar-refractivity contribution in [3.8, 4) is 0 Å². The van der Waals surface area contributed by atoms with Crippen molar-refractivity contribution >= 4 is 29.1 Å². The van der Waals surface area contributed by atoms with Gasteiger partial charge in [-0.1, -0.05) is 17.7 Å². The van der Waals surface area contributed by atoms with Crippen LogP contribution in [0.15, 0.2) is 18.2 Å². The number of hydrogen-bond acceptors (Lipinski definition) is 3. The normalized spacial score (nSPS) is 19.7. The van der Waals surface area contributed by atoms with E-state index in [2.05, 4.69) is 5.32 Å². The van der Waals surface area contributed by atoms with Gasteiger partial charge in [-0.2, -0.15) is 0 Å². The van der Waals surface area contributed by atoms with Crippen molar-refractivity contribution in [1.29, 1.82) is 0 Å². The van der Waals surface area contributed by atoms with Crippen LogP contribution in [0, 0.1) is 18.8 Å². The average Bonchev–Trinajstić information content (AvgIpc) is 2.65. The van der Waals surface area contributed by atoms with Crippen molar-refractivity contribution in [2.45, 2.75) is 32.6 Å². The minimum atomic E-state index is -0.0582. The molecule has 0 unspecified atom stereocenters. The third-order valence-electron chi connectivity index (χ3n) is 5.21. The lowest BCUT2D eigenvalue weighted by molar-refractivity contribution is -0.141. The fourth-order valence-electron chi connectivity index (χ4n) is 3.53. The highest BCUT2D eigenvalue weighted by molar-refractivity contribution is 6.31. The number of ether oxygens (including phenoxy) is 1. The summed E-state index contributed by atoms with van der Waals surface area (Å²) < 4.78 is 5.33. The van der Waals surface area contributed by atoms with Crippen LogP contribution in [0.4, 0.5) is 5.69 Å². The predicted molar refractivity (Wildman–Crippen MR) is 97.7 cm³/mol. The number of benzene rings is 1. The van der Waals surface area contributed by atoms with E-state index in [1.54, 1.807) is 6.07 Å². The number of amides is 2. The number of hydrogen-bond donors (Lipinski definition) is 1. The summed E-state index contributed by atoms with van der Waals surface area (Å²) in [7, 11) is 0. The molecular weight excluding hydrogens is 340 g/mol. The Balaban J connectivity index is 1.52. The topological polar surface area (TPSA) is 58.6 Å². The van der Waals surface area contributed by atoms with Crippen molar-refractivity contribution in [3.63, 3.8) is 0 Å². The van der Waals surface area contributed by atoms with E-state index in [1.807, 2.05) is 24.0 Å². The van der Waals surface area contributed by atoms with Gasteiger partial charge in [0.25, 0.3) is 0 Å². The number of halogens is 1. The molecule has 0 atom stereocenters. The van der Waals surface area contributed by atoms with Crippen molar-refractivity contribution in [2.75, 3.05) is 31.6 Å². The molecule has 0 spiro atoms. The summed E-state index contributed by atoms with van der Waals surface area (Å²) >= 11 is 6.01. The standard InChI is InChI=1S/C19H25ClN2O3/c1-13-2-3-16(20)12-17(13)21-18(23)14-4-8-22(9-5-14)19(24)15-6-10-25-11-7-15/h2-3,12,14-15H,4-11H2,1H3,(H,21,23). The second-order valence-corrected chi connectivity index (χ2v) is 7.37. The maximum absolute atomic E-state index is 12.6. The van der Waals surface area contributed by atoms with E-state index in [0.717, 1.165) is 24.1 Å². The Hall–Kier alpha value is -1.59. The Morgan fingerprint density at radius 2 is 1.80 bits per heavy atom. The lowest BCUT2D eigenvalue weighted by atomic mass is 9.93. The molecule has 1 aromatic carbocycles. The lowest BCUT2D eigenvalue weighted by Crippen LogP contribution is -2.45. The molecular formula is C19H25ClN2O3. The summed E-state index contributed by atoms with van der Waals surface area (Å²) in [6.07, 6.45) is 3.04. The first-order valence-electron chi connectivity index (χ1n) is 8.98. The minimum Gasteiger partial charge on any atom is -0.381 e. The van der Waals surface area contributed by atoms with Crippen LogP contribution in [-0.2, 0) is 14.3 Å². The van der Waals surface area contributed by atoms with E-state index in [9.17, 15) is 9.59 Å². The van der Waals surface area contributed by atoms with Crippen LogP contribution in [0.1, 0.15) is 31.2 Å². The number of anilines is 1. The molecule has 2 aliphatic rings. The number of rotatable bonds is 3. The van der Waals surface area contributed by atoms with Gasteiger partial charge in [-0.3, -0.25) is 9.59 Å². The molecule has 0 saturated carbocycles. The van der Waals surface area contributed by atoms with E-state index < -0.39 is 0 Å². The third-order valence-corrected chi connectivity index (χ3v) is 5.44. The molecule has 136 valence electrons. The SMILES string of the molecule is Cc1ccc(Cl)cc1NC(=O)C1CCN(C(=O)C2CCOCC2)CC1. The van der Waals surface area contributed by atoms with Crippen molar-refractivity contribution in [1.82, 2.24) is 4.90 Å². The molecule has 6 heteroatoms. The second-order valence-electron chi connectivity index (χ2n) is 6.93. The Kier molecular flexibility index (Phi) is 5.97. The maximum atomic E-state index is 12.6. The maximum Gasteiger partial charge on any atom is 0.227 e. The smallest absolute Gasteiger partial charge is 0.227 e. The Bertz CT molecular complexity index is 636. The van der Waals surface area contributed by atoms with E-state index in [0.29, 0.717) is 44.2 Å². The first kappa shape index (κ1) is 18.2. The Morgan fingerprint density at radius 1 is 1.12 bits per heavy atom. The molecule has 2 aliphatic heterocycles. The molecule has 25 heavy (non-hydrogen) atoms. The summed E-state index contributed by atoms with van der Waals surface area (Å²) in [5.74, 6) is 0.279. The van der Waals surface area contributed by atoms with Crippen LogP contribution in [0.25, 0.3) is 0 Å². The van der Waals surface area contributed by atoms with Gasteiger partial charge in [-0.05, 0) is 50.3 Å². The third kappa shape index (κ3) is 4.53. The second kappa shape index (κ2) is 8.19. The van der Waals surface area contributed by atoms with Gasteiger partial charge >= 0.3 is 0 Å². The highest BCUT2D eigenvalue weighted by atomic mass is 35.5. The van der Waals surface area contributed by atoms with Gasteiger partial charge in [-0.15, -0.1) is 0 Å². The van der Waals surface area contributed by atoms with Crippen molar-refractivity contribution in [2.24, 2.45) is 11.8 Å². The fraction of sp³-hybridized carbons (Fsp3) is 0.579. The van der Waals surface area contributed by atoms with E-state index in [4.69, 9.17) is 16.3 Å². The van der Waals surface area contributed by atoms with Crippen LogP contribution in [-0.4, -0.2) is 43.0 Å². The number of piperidine rings is 1. The zero-order chi connectivity index (χ0) is 17.8. The molecule has 2 fully saturated rings. The molecule has 2 heterocycles. The Morgan fingerprint density at radius 3 is 2.48 bits per heavy atom. The summed E-state index contributed by atoms with van der Waals surface area (Å²) in [6.45, 7) is 4.61. The Labute approximate surface area is 153 Å². The molecule has 1 aromatic rings. The number of carbonyl (C=O) groups is 2. The van der Waals surface area contributed by atoms with Crippen LogP contribution < -0.4 is 5.32 Å². The molecule has 2 amide bonds. The number of nitrogens with one attached hydrogen (secondary N) is 1. The molecule has 0 radical (unpaired) electrons. The molecule has 0 aliphatic carbocycles. The van der Waals surface area contributed by atoms with Crippen molar-refractivity contribution in [3.05, 3.63) is 28.8 Å².